The number of imide groups is 1. The van der Waals surface area contributed by atoms with E-state index in [1.807, 2.05) is 48.2 Å². The monoisotopic (exact) mass is 619 g/mol. The summed E-state index contributed by atoms with van der Waals surface area (Å²) in [6.07, 6.45) is 0. The molecule has 3 heterocycles. The van der Waals surface area contributed by atoms with Crippen LogP contribution < -0.4 is 10.1 Å². The molecule has 0 aliphatic carbocycles. The fourth-order valence-corrected chi connectivity index (χ4v) is 6.10. The number of benzene rings is 2. The van der Waals surface area contributed by atoms with Gasteiger partial charge in [-0.05, 0) is 37.1 Å². The second-order valence-corrected chi connectivity index (χ2v) is 12.0. The van der Waals surface area contributed by atoms with Gasteiger partial charge in [0.2, 0.25) is 17.7 Å². The third-order valence-corrected chi connectivity index (χ3v) is 8.77. The first kappa shape index (κ1) is 31.0. The van der Waals surface area contributed by atoms with Crippen molar-refractivity contribution < 1.29 is 29.0 Å². The lowest BCUT2D eigenvalue weighted by atomic mass is 9.82. The zero-order valence-electron chi connectivity index (χ0n) is 25.2. The van der Waals surface area contributed by atoms with Gasteiger partial charge in [-0.25, -0.2) is 9.78 Å². The SMILES string of the molecule is COc1nc(-c2cccc(-c3cccc(NC(=O)C4CN(C)C(=O)N(C)C4=O)c3C)c2Cl)ccc1CN1CC(C)(C(=O)O)C1. The van der Waals surface area contributed by atoms with Crippen LogP contribution in [-0.4, -0.2) is 89.4 Å². The van der Waals surface area contributed by atoms with Gasteiger partial charge in [0.15, 0.2) is 0 Å². The van der Waals surface area contributed by atoms with E-state index in [4.69, 9.17) is 21.3 Å². The number of anilines is 1. The fourth-order valence-electron chi connectivity index (χ4n) is 5.77. The molecule has 11 nitrogen and oxygen atoms in total. The van der Waals surface area contributed by atoms with Crippen molar-refractivity contribution in [1.29, 1.82) is 0 Å². The Morgan fingerprint density at radius 1 is 1.07 bits per heavy atom. The first-order valence-electron chi connectivity index (χ1n) is 14.1. The predicted molar refractivity (Wildman–Crippen MR) is 165 cm³/mol. The normalized spacial score (nSPS) is 18.2. The van der Waals surface area contributed by atoms with Crippen LogP contribution in [0.25, 0.3) is 22.4 Å². The number of hydrogen-bond donors (Lipinski definition) is 2. The lowest BCUT2D eigenvalue weighted by molar-refractivity contribution is -0.159. The van der Waals surface area contributed by atoms with Crippen molar-refractivity contribution in [2.45, 2.75) is 20.4 Å². The van der Waals surface area contributed by atoms with E-state index in [1.165, 1.54) is 11.9 Å². The van der Waals surface area contributed by atoms with Crippen molar-refractivity contribution >= 4 is 41.1 Å². The number of nitrogens with one attached hydrogen (secondary N) is 1. The summed E-state index contributed by atoms with van der Waals surface area (Å²) >= 11 is 6.99. The first-order valence-corrected chi connectivity index (χ1v) is 14.4. The van der Waals surface area contributed by atoms with Gasteiger partial charge >= 0.3 is 12.0 Å². The highest BCUT2D eigenvalue weighted by Gasteiger charge is 2.45. The number of carboxylic acid groups (broad SMARTS) is 1. The largest absolute Gasteiger partial charge is 0.481 e. The average molecular weight is 620 g/mol. The van der Waals surface area contributed by atoms with Gasteiger partial charge in [-0.2, -0.15) is 0 Å². The van der Waals surface area contributed by atoms with Gasteiger partial charge in [0.1, 0.15) is 5.92 Å². The highest BCUT2D eigenvalue weighted by molar-refractivity contribution is 6.36. The molecule has 0 radical (unpaired) electrons. The number of methoxy groups -OCH3 is 1. The van der Waals surface area contributed by atoms with Crippen molar-refractivity contribution in [2.24, 2.45) is 11.3 Å². The summed E-state index contributed by atoms with van der Waals surface area (Å²) < 4.78 is 5.59. The molecule has 2 aliphatic heterocycles. The number of carboxylic acids is 1. The smallest absolute Gasteiger partial charge is 0.326 e. The predicted octanol–water partition coefficient (Wildman–Crippen LogP) is 4.37. The van der Waals surface area contributed by atoms with Gasteiger partial charge in [-0.3, -0.25) is 24.2 Å². The minimum Gasteiger partial charge on any atom is -0.481 e. The maximum absolute atomic E-state index is 13.1. The molecule has 1 aromatic heterocycles. The number of nitrogens with zero attached hydrogens (tertiary/aromatic N) is 4. The number of carbonyl (C=O) groups is 4. The third kappa shape index (κ3) is 5.60. The van der Waals surface area contributed by atoms with Crippen LogP contribution in [0, 0.1) is 18.3 Å². The van der Waals surface area contributed by atoms with Gasteiger partial charge in [0, 0.05) is 62.7 Å². The average Bonchev–Trinajstić information content (AvgIpc) is 2.98. The Bertz CT molecular complexity index is 1670. The summed E-state index contributed by atoms with van der Waals surface area (Å²) in [6, 6.07) is 14.4. The molecule has 230 valence electrons. The summed E-state index contributed by atoms with van der Waals surface area (Å²) in [5, 5.41) is 12.7. The molecule has 2 fully saturated rings. The van der Waals surface area contributed by atoms with Crippen molar-refractivity contribution in [2.75, 3.05) is 46.2 Å². The molecular weight excluding hydrogens is 586 g/mol. The van der Waals surface area contributed by atoms with Crippen molar-refractivity contribution in [3.05, 3.63) is 64.7 Å². The molecule has 2 N–H and O–H groups in total. The van der Waals surface area contributed by atoms with Crippen LogP contribution in [0.4, 0.5) is 10.5 Å². The summed E-state index contributed by atoms with van der Waals surface area (Å²) in [5.41, 5.74) is 4.20. The number of aliphatic carboxylic acids is 1. The highest BCUT2D eigenvalue weighted by atomic mass is 35.5. The summed E-state index contributed by atoms with van der Waals surface area (Å²) in [5.74, 6) is -2.44. The number of rotatable bonds is 8. The first-order chi connectivity index (χ1) is 20.8. The second kappa shape index (κ2) is 11.9. The fraction of sp³-hybridized carbons (Fsp3) is 0.344. The molecule has 0 spiro atoms. The van der Waals surface area contributed by atoms with E-state index in [0.29, 0.717) is 47.5 Å². The molecule has 12 heteroatoms. The van der Waals surface area contributed by atoms with Crippen LogP contribution in [0.5, 0.6) is 5.88 Å². The number of likely N-dealkylation sites (tertiary alicyclic amines) is 1. The summed E-state index contributed by atoms with van der Waals surface area (Å²) in [4.78, 5) is 58.4. The quantitative estimate of drug-likeness (QED) is 0.355. The highest BCUT2D eigenvalue weighted by Crippen LogP contribution is 2.40. The molecule has 2 aliphatic rings. The number of hydrogen-bond acceptors (Lipinski definition) is 7. The number of ether oxygens (including phenoxy) is 1. The molecule has 5 rings (SSSR count). The van der Waals surface area contributed by atoms with Gasteiger partial charge in [-0.1, -0.05) is 48.0 Å². The number of carbonyl (C=O) groups excluding carboxylic acids is 3. The maximum atomic E-state index is 13.1. The van der Waals surface area contributed by atoms with E-state index in [-0.39, 0.29) is 6.54 Å². The molecule has 44 heavy (non-hydrogen) atoms. The zero-order chi connectivity index (χ0) is 31.9. The Labute approximate surface area is 260 Å². The minimum absolute atomic E-state index is 0.00451. The van der Waals surface area contributed by atoms with Crippen LogP contribution in [-0.2, 0) is 20.9 Å². The van der Waals surface area contributed by atoms with E-state index in [1.54, 1.807) is 33.2 Å². The van der Waals surface area contributed by atoms with Crippen LogP contribution >= 0.6 is 11.6 Å². The van der Waals surface area contributed by atoms with Crippen LogP contribution in [0.3, 0.4) is 0 Å². The maximum Gasteiger partial charge on any atom is 0.326 e. The lowest BCUT2D eigenvalue weighted by Crippen LogP contribution is -2.58. The minimum atomic E-state index is -1.02. The molecule has 2 aromatic carbocycles. The summed E-state index contributed by atoms with van der Waals surface area (Å²) in [6.45, 7) is 5.01. The van der Waals surface area contributed by atoms with Crippen LogP contribution in [0.15, 0.2) is 48.5 Å². The molecule has 1 unspecified atom stereocenters. The van der Waals surface area contributed by atoms with E-state index in [9.17, 15) is 24.3 Å². The van der Waals surface area contributed by atoms with Gasteiger partial charge < -0.3 is 20.1 Å². The Hall–Kier alpha value is -4.48. The van der Waals surface area contributed by atoms with Crippen molar-refractivity contribution in [1.82, 2.24) is 19.7 Å². The molecular formula is C32H34ClN5O6. The van der Waals surface area contributed by atoms with Crippen LogP contribution in [0.2, 0.25) is 5.02 Å². The molecule has 1 atom stereocenters. The van der Waals surface area contributed by atoms with Crippen molar-refractivity contribution in [3.8, 4) is 28.3 Å². The van der Waals surface area contributed by atoms with E-state index in [0.717, 1.165) is 27.2 Å². The van der Waals surface area contributed by atoms with Gasteiger partial charge in [-0.15, -0.1) is 0 Å². The molecule has 0 saturated carbocycles. The number of aromatic nitrogens is 1. The molecule has 4 amide bonds. The Balaban J connectivity index is 1.39. The Morgan fingerprint density at radius 2 is 1.73 bits per heavy atom. The van der Waals surface area contributed by atoms with Crippen LogP contribution in [0.1, 0.15) is 18.1 Å². The second-order valence-electron chi connectivity index (χ2n) is 11.6. The molecule has 0 bridgehead atoms. The lowest BCUT2D eigenvalue weighted by Gasteiger charge is -2.45. The number of amides is 4. The number of halogens is 1. The molecule has 3 aromatic rings. The number of urea groups is 1. The molecule has 2 saturated heterocycles. The Kier molecular flexibility index (Phi) is 8.37. The van der Waals surface area contributed by atoms with Gasteiger partial charge in [0.05, 0.1) is 23.2 Å². The van der Waals surface area contributed by atoms with Gasteiger partial charge in [0.25, 0.3) is 0 Å². The van der Waals surface area contributed by atoms with E-state index < -0.39 is 35.1 Å². The Morgan fingerprint density at radius 3 is 2.41 bits per heavy atom. The van der Waals surface area contributed by atoms with Crippen molar-refractivity contribution in [3.63, 3.8) is 0 Å². The standard InChI is InChI=1S/C32H34ClN5O6/c1-18-20(8-7-11-24(18)34-27(39)23-15-36(3)31(43)37(4)29(23)40)21-9-6-10-22(26(21)33)25-13-12-19(28(35-25)44-5)14-38-16-32(2,17-38)30(41)42/h6-13,23H,14-17H2,1-5H3,(H,34,39)(H,41,42). The summed E-state index contributed by atoms with van der Waals surface area (Å²) in [7, 11) is 4.46. The zero-order valence-corrected chi connectivity index (χ0v) is 25.9. The third-order valence-electron chi connectivity index (χ3n) is 8.36. The van der Waals surface area contributed by atoms with E-state index >= 15 is 0 Å². The van der Waals surface area contributed by atoms with E-state index in [2.05, 4.69) is 5.32 Å². The topological polar surface area (TPSA) is 132 Å². The number of pyridine rings is 1.